The molecule has 2 fully saturated rings. The van der Waals surface area contributed by atoms with E-state index in [1.54, 1.807) is 31.2 Å². The van der Waals surface area contributed by atoms with Crippen LogP contribution in [0.3, 0.4) is 0 Å². The molecule has 6 unspecified atom stereocenters. The Balaban J connectivity index is 0.00000461. The average Bonchev–Trinajstić information content (AvgIpc) is 3.05. The summed E-state index contributed by atoms with van der Waals surface area (Å²) in [4.78, 5) is 27.2. The number of carbonyl (C=O) groups is 2. The van der Waals surface area contributed by atoms with Gasteiger partial charge in [-0.25, -0.2) is 4.79 Å². The Labute approximate surface area is 267 Å². The Kier molecular flexibility index (Phi) is 12.0. The third kappa shape index (κ3) is 9.08. The Bertz CT molecular complexity index is 1350. The van der Waals surface area contributed by atoms with Gasteiger partial charge in [-0.1, -0.05) is 93.1 Å². The van der Waals surface area contributed by atoms with Crippen LogP contribution in [0.15, 0.2) is 84.9 Å². The van der Waals surface area contributed by atoms with E-state index in [9.17, 15) is 19.8 Å². The van der Waals surface area contributed by atoms with Crippen molar-refractivity contribution in [2.24, 2.45) is 11.8 Å². The molecule has 0 heterocycles. The summed E-state index contributed by atoms with van der Waals surface area (Å²) >= 11 is 0. The molecule has 8 heteroatoms. The van der Waals surface area contributed by atoms with Crippen LogP contribution in [-0.4, -0.2) is 46.5 Å². The van der Waals surface area contributed by atoms with Gasteiger partial charge in [0.05, 0.1) is 12.6 Å². The first-order chi connectivity index (χ1) is 21.3. The van der Waals surface area contributed by atoms with Gasteiger partial charge in [-0.05, 0) is 73.3 Å². The van der Waals surface area contributed by atoms with Gasteiger partial charge in [-0.15, -0.1) is 0 Å². The van der Waals surface area contributed by atoms with E-state index in [2.05, 4.69) is 10.6 Å². The molecular weight excluding hydrogens is 568 g/mol. The summed E-state index contributed by atoms with van der Waals surface area (Å²) in [6, 6.07) is 25.2. The summed E-state index contributed by atoms with van der Waals surface area (Å²) < 4.78 is 11.9. The Hall–Kier alpha value is -3.88. The van der Waals surface area contributed by atoms with Crippen LogP contribution in [0.1, 0.15) is 75.7 Å². The van der Waals surface area contributed by atoms with E-state index in [0.29, 0.717) is 23.8 Å². The predicted octanol–water partition coefficient (Wildman–Crippen LogP) is 6.11. The fourth-order valence-electron chi connectivity index (χ4n) is 6.58. The van der Waals surface area contributed by atoms with E-state index in [1.807, 2.05) is 60.7 Å². The standard InChI is InChI=1S/C36H44N2O6.CH4/c1-36(34(41)37-31(23-39)33(40)28-12-6-3-7-13-28,38-35(42)44-32-20-17-25-11-8-14-29(32)21-25)22-26-15-18-30(19-16-26)43-24-27-9-4-2-5-10-27;/h2-7,9-10,12-13,15-16,18-19,25,29,31-33,39-40H,8,11,14,17,20-24H2,1H3,(H,37,41)(H,38,42);1H4. The smallest absolute Gasteiger partial charge is 0.408 e. The summed E-state index contributed by atoms with van der Waals surface area (Å²) in [6.07, 6.45) is 4.68. The first-order valence-corrected chi connectivity index (χ1v) is 15.7. The van der Waals surface area contributed by atoms with Gasteiger partial charge in [-0.2, -0.15) is 0 Å². The number of hydrogen-bond donors (Lipinski definition) is 4. The maximum atomic E-state index is 13.9. The monoisotopic (exact) mass is 616 g/mol. The van der Waals surface area contributed by atoms with Gasteiger partial charge in [-0.3, -0.25) is 4.79 Å². The Morgan fingerprint density at radius 1 is 0.911 bits per heavy atom. The van der Waals surface area contributed by atoms with E-state index in [4.69, 9.17) is 9.47 Å². The maximum absolute atomic E-state index is 13.9. The normalized spacial score (nSPS) is 21.6. The number of fused-ring (bicyclic) bond motifs is 2. The lowest BCUT2D eigenvalue weighted by molar-refractivity contribution is -0.129. The van der Waals surface area contributed by atoms with Gasteiger partial charge in [0.15, 0.2) is 0 Å². The Morgan fingerprint density at radius 3 is 2.29 bits per heavy atom. The number of carbonyl (C=O) groups excluding carboxylic acids is 2. The second kappa shape index (κ2) is 15.9. The zero-order valence-corrected chi connectivity index (χ0v) is 25.4. The highest BCUT2D eigenvalue weighted by molar-refractivity contribution is 5.90. The molecule has 2 saturated carbocycles. The SMILES string of the molecule is C.CC(Cc1ccc(OCc2ccccc2)cc1)(NC(=O)OC1CCC2CCCC1C2)C(=O)NC(CO)C(O)c1ccccc1. The minimum absolute atomic E-state index is 0. The number of ether oxygens (including phenoxy) is 2. The molecule has 3 aromatic carbocycles. The van der Waals surface area contributed by atoms with Crippen LogP contribution in [0.2, 0.25) is 0 Å². The van der Waals surface area contributed by atoms with Gasteiger partial charge >= 0.3 is 6.09 Å². The molecule has 2 aliphatic rings. The fraction of sp³-hybridized carbons (Fsp3) is 0.459. The molecule has 0 aromatic heterocycles. The van der Waals surface area contributed by atoms with Crippen LogP contribution in [-0.2, 0) is 22.6 Å². The number of hydrogen-bond acceptors (Lipinski definition) is 6. The fourth-order valence-corrected chi connectivity index (χ4v) is 6.58. The molecule has 6 atom stereocenters. The molecule has 0 aliphatic heterocycles. The third-order valence-electron chi connectivity index (χ3n) is 9.11. The third-order valence-corrected chi connectivity index (χ3v) is 9.11. The van der Waals surface area contributed by atoms with Gasteiger partial charge in [0, 0.05) is 6.42 Å². The van der Waals surface area contributed by atoms with Crippen molar-refractivity contribution in [2.45, 2.75) is 89.7 Å². The van der Waals surface area contributed by atoms with Crippen LogP contribution >= 0.6 is 0 Å². The Morgan fingerprint density at radius 2 is 1.60 bits per heavy atom. The number of nitrogens with one attached hydrogen (secondary N) is 2. The highest BCUT2D eigenvalue weighted by Crippen LogP contribution is 2.41. The van der Waals surface area contributed by atoms with Crippen molar-refractivity contribution in [3.63, 3.8) is 0 Å². The van der Waals surface area contributed by atoms with E-state index in [0.717, 1.165) is 49.1 Å². The number of rotatable bonds is 12. The van der Waals surface area contributed by atoms with Gasteiger partial charge < -0.3 is 30.3 Å². The van der Waals surface area contributed by atoms with Crippen LogP contribution < -0.4 is 15.4 Å². The molecule has 5 rings (SSSR count). The zero-order chi connectivity index (χ0) is 30.9. The minimum Gasteiger partial charge on any atom is -0.489 e. The molecule has 0 radical (unpaired) electrons. The van der Waals surface area contributed by atoms with Crippen molar-refractivity contribution in [3.8, 4) is 5.75 Å². The molecule has 2 amide bonds. The molecule has 8 nitrogen and oxygen atoms in total. The minimum atomic E-state index is -1.43. The van der Waals surface area contributed by atoms with Gasteiger partial charge in [0.25, 0.3) is 0 Å². The van der Waals surface area contributed by atoms with Crippen LogP contribution in [0, 0.1) is 11.8 Å². The van der Waals surface area contributed by atoms with E-state index in [-0.39, 0.29) is 20.0 Å². The molecule has 0 spiro atoms. The lowest BCUT2D eigenvalue weighted by Crippen LogP contribution is -2.61. The van der Waals surface area contributed by atoms with Gasteiger partial charge in [0.2, 0.25) is 5.91 Å². The second-order valence-electron chi connectivity index (χ2n) is 12.5. The number of aliphatic hydroxyl groups excluding tert-OH is 2. The number of benzene rings is 3. The zero-order valence-electron chi connectivity index (χ0n) is 25.4. The molecule has 45 heavy (non-hydrogen) atoms. The number of aliphatic hydroxyl groups is 2. The maximum Gasteiger partial charge on any atom is 0.408 e. The topological polar surface area (TPSA) is 117 Å². The largest absolute Gasteiger partial charge is 0.489 e. The molecule has 2 bridgehead atoms. The van der Waals surface area contributed by atoms with Crippen LogP contribution in [0.4, 0.5) is 4.79 Å². The molecule has 0 saturated heterocycles. The van der Waals surface area contributed by atoms with Crippen molar-refractivity contribution in [1.29, 1.82) is 0 Å². The number of amides is 2. The second-order valence-corrected chi connectivity index (χ2v) is 12.5. The summed E-state index contributed by atoms with van der Waals surface area (Å²) in [5, 5.41) is 26.7. The number of alkyl carbamates (subject to hydrolysis) is 1. The lowest BCUT2D eigenvalue weighted by atomic mass is 9.71. The van der Waals surface area contributed by atoms with E-state index >= 15 is 0 Å². The van der Waals surface area contributed by atoms with Gasteiger partial charge in [0.1, 0.15) is 30.1 Å². The summed E-state index contributed by atoms with van der Waals surface area (Å²) in [7, 11) is 0. The lowest BCUT2D eigenvalue weighted by Gasteiger charge is -2.40. The molecule has 4 N–H and O–H groups in total. The van der Waals surface area contributed by atoms with Crippen molar-refractivity contribution in [1.82, 2.24) is 10.6 Å². The van der Waals surface area contributed by atoms with Crippen molar-refractivity contribution in [2.75, 3.05) is 6.61 Å². The summed E-state index contributed by atoms with van der Waals surface area (Å²) in [5.41, 5.74) is 0.986. The average molecular weight is 617 g/mol. The molecule has 3 aromatic rings. The van der Waals surface area contributed by atoms with Crippen molar-refractivity contribution >= 4 is 12.0 Å². The first-order valence-electron chi connectivity index (χ1n) is 15.7. The quantitative estimate of drug-likeness (QED) is 0.195. The van der Waals surface area contributed by atoms with Crippen LogP contribution in [0.25, 0.3) is 0 Å². The summed E-state index contributed by atoms with van der Waals surface area (Å²) in [6.45, 7) is 1.59. The van der Waals surface area contributed by atoms with E-state index < -0.39 is 36.3 Å². The molecular formula is C37H48N2O6. The highest BCUT2D eigenvalue weighted by Gasteiger charge is 2.40. The van der Waals surface area contributed by atoms with Crippen molar-refractivity contribution in [3.05, 3.63) is 102 Å². The van der Waals surface area contributed by atoms with E-state index in [1.165, 1.54) is 6.42 Å². The summed E-state index contributed by atoms with van der Waals surface area (Å²) in [5.74, 6) is 1.23. The van der Waals surface area contributed by atoms with Crippen LogP contribution in [0.5, 0.6) is 5.75 Å². The molecule has 242 valence electrons. The first kappa shape index (κ1) is 34.0. The predicted molar refractivity (Wildman–Crippen MR) is 175 cm³/mol. The molecule has 2 aliphatic carbocycles. The highest BCUT2D eigenvalue weighted by atomic mass is 16.6. The van der Waals surface area contributed by atoms with Crippen molar-refractivity contribution < 1.29 is 29.3 Å².